The second-order valence-corrected chi connectivity index (χ2v) is 5.47. The van der Waals surface area contributed by atoms with Crippen molar-refractivity contribution in [2.75, 3.05) is 24.5 Å². The molecule has 1 aliphatic heterocycles. The molecule has 2 aliphatic rings. The van der Waals surface area contributed by atoms with Gasteiger partial charge in [-0.25, -0.2) is 0 Å². The molecule has 0 bridgehead atoms. The Bertz CT molecular complexity index is 359. The van der Waals surface area contributed by atoms with Crippen LogP contribution in [0.25, 0.3) is 0 Å². The number of rotatable bonds is 4. The van der Waals surface area contributed by atoms with Crippen LogP contribution in [0, 0.1) is 5.41 Å². The molecule has 2 fully saturated rings. The number of aromatic nitrogens is 2. The molecule has 94 valence electrons. The van der Waals surface area contributed by atoms with Crippen molar-refractivity contribution in [3.63, 3.8) is 0 Å². The van der Waals surface area contributed by atoms with Gasteiger partial charge in [-0.2, -0.15) is 0 Å². The summed E-state index contributed by atoms with van der Waals surface area (Å²) in [6.07, 6.45) is 6.58. The minimum Gasteiger partial charge on any atom is -0.411 e. The van der Waals surface area contributed by atoms with Gasteiger partial charge in [-0.15, -0.1) is 5.10 Å². The molecule has 1 atom stereocenters. The first-order valence-corrected chi connectivity index (χ1v) is 6.56. The zero-order valence-electron chi connectivity index (χ0n) is 10.4. The molecule has 0 aromatic carbocycles. The van der Waals surface area contributed by atoms with Gasteiger partial charge in [0.25, 0.3) is 0 Å². The summed E-state index contributed by atoms with van der Waals surface area (Å²) in [6, 6.07) is 1.40. The van der Waals surface area contributed by atoms with Crippen LogP contribution in [0.15, 0.2) is 10.8 Å². The highest BCUT2D eigenvalue weighted by atomic mass is 16.4. The molecular weight excluding hydrogens is 216 g/mol. The Balaban J connectivity index is 1.51. The smallest absolute Gasteiger partial charge is 0.317 e. The number of anilines is 1. The van der Waals surface area contributed by atoms with Crippen molar-refractivity contribution < 1.29 is 4.42 Å². The molecule has 1 aromatic heterocycles. The Morgan fingerprint density at radius 3 is 3.18 bits per heavy atom. The fraction of sp³-hybridized carbons (Fsp3) is 0.833. The summed E-state index contributed by atoms with van der Waals surface area (Å²) in [7, 11) is 0. The van der Waals surface area contributed by atoms with Gasteiger partial charge in [0.2, 0.25) is 6.39 Å². The van der Waals surface area contributed by atoms with Crippen LogP contribution in [0.4, 0.5) is 6.01 Å². The maximum Gasteiger partial charge on any atom is 0.317 e. The van der Waals surface area contributed by atoms with E-state index in [0.717, 1.165) is 25.7 Å². The monoisotopic (exact) mass is 236 g/mol. The first-order chi connectivity index (χ1) is 8.31. The van der Waals surface area contributed by atoms with Crippen LogP contribution in [0.1, 0.15) is 32.6 Å². The van der Waals surface area contributed by atoms with Gasteiger partial charge in [-0.05, 0) is 32.2 Å². The molecule has 1 spiro atoms. The summed E-state index contributed by atoms with van der Waals surface area (Å²) < 4.78 is 5.22. The third kappa shape index (κ3) is 2.04. The quantitative estimate of drug-likeness (QED) is 0.857. The van der Waals surface area contributed by atoms with Crippen molar-refractivity contribution in [1.82, 2.24) is 15.5 Å². The highest BCUT2D eigenvalue weighted by molar-refractivity contribution is 5.32. The van der Waals surface area contributed by atoms with Crippen molar-refractivity contribution in [2.45, 2.75) is 38.6 Å². The normalized spacial score (nSPS) is 26.4. The SMILES string of the molecule is CCCN[C@@H]1CCC2(C1)CN(c1nnco1)C2. The van der Waals surface area contributed by atoms with Crippen LogP contribution < -0.4 is 10.2 Å². The van der Waals surface area contributed by atoms with Crippen molar-refractivity contribution in [1.29, 1.82) is 0 Å². The van der Waals surface area contributed by atoms with E-state index in [2.05, 4.69) is 27.3 Å². The first kappa shape index (κ1) is 11.0. The number of hydrogen-bond acceptors (Lipinski definition) is 5. The molecule has 5 nitrogen and oxygen atoms in total. The summed E-state index contributed by atoms with van der Waals surface area (Å²) >= 11 is 0. The van der Waals surface area contributed by atoms with Crippen LogP contribution in [0.5, 0.6) is 0 Å². The predicted molar refractivity (Wildman–Crippen MR) is 64.9 cm³/mol. The molecule has 0 radical (unpaired) electrons. The van der Waals surface area contributed by atoms with E-state index in [-0.39, 0.29) is 0 Å². The summed E-state index contributed by atoms with van der Waals surface area (Å²) in [5.74, 6) is 0. The Kier molecular flexibility index (Phi) is 2.78. The lowest BCUT2D eigenvalue weighted by Gasteiger charge is -2.47. The maximum atomic E-state index is 5.22. The van der Waals surface area contributed by atoms with Crippen molar-refractivity contribution in [3.05, 3.63) is 6.39 Å². The van der Waals surface area contributed by atoms with Gasteiger partial charge in [-0.3, -0.25) is 0 Å². The lowest BCUT2D eigenvalue weighted by Crippen LogP contribution is -2.56. The number of nitrogens with zero attached hydrogens (tertiary/aromatic N) is 3. The van der Waals surface area contributed by atoms with Gasteiger partial charge in [0.1, 0.15) is 0 Å². The van der Waals surface area contributed by atoms with Crippen LogP contribution in [-0.4, -0.2) is 35.9 Å². The van der Waals surface area contributed by atoms with E-state index in [1.165, 1.54) is 32.1 Å². The zero-order valence-corrected chi connectivity index (χ0v) is 10.4. The third-order valence-corrected chi connectivity index (χ3v) is 4.06. The van der Waals surface area contributed by atoms with E-state index in [0.29, 0.717) is 11.4 Å². The Morgan fingerprint density at radius 1 is 1.59 bits per heavy atom. The maximum absolute atomic E-state index is 5.22. The van der Waals surface area contributed by atoms with Crippen molar-refractivity contribution in [2.24, 2.45) is 5.41 Å². The predicted octanol–water partition coefficient (Wildman–Crippen LogP) is 1.43. The Morgan fingerprint density at radius 2 is 2.47 bits per heavy atom. The highest BCUT2D eigenvalue weighted by Gasteiger charge is 2.49. The fourth-order valence-corrected chi connectivity index (χ4v) is 3.22. The summed E-state index contributed by atoms with van der Waals surface area (Å²) in [6.45, 7) is 5.53. The minimum atomic E-state index is 0.514. The second kappa shape index (κ2) is 4.29. The van der Waals surface area contributed by atoms with Gasteiger partial charge in [0.15, 0.2) is 0 Å². The summed E-state index contributed by atoms with van der Waals surface area (Å²) in [5, 5.41) is 11.3. The van der Waals surface area contributed by atoms with Gasteiger partial charge in [-0.1, -0.05) is 12.0 Å². The molecule has 5 heteroatoms. The van der Waals surface area contributed by atoms with Crippen LogP contribution in [-0.2, 0) is 0 Å². The highest BCUT2D eigenvalue weighted by Crippen LogP contribution is 2.46. The van der Waals surface area contributed by atoms with Crippen molar-refractivity contribution >= 4 is 6.01 Å². The Hall–Kier alpha value is -1.10. The van der Waals surface area contributed by atoms with Crippen molar-refractivity contribution in [3.8, 4) is 0 Å². The van der Waals surface area contributed by atoms with E-state index < -0.39 is 0 Å². The average molecular weight is 236 g/mol. The molecule has 3 rings (SSSR count). The third-order valence-electron chi connectivity index (χ3n) is 4.06. The molecule has 1 saturated carbocycles. The molecular formula is C12H20N4O. The van der Waals surface area contributed by atoms with E-state index >= 15 is 0 Å². The zero-order chi connectivity index (χ0) is 11.7. The van der Waals surface area contributed by atoms with Gasteiger partial charge >= 0.3 is 6.01 Å². The molecule has 17 heavy (non-hydrogen) atoms. The van der Waals surface area contributed by atoms with Gasteiger partial charge < -0.3 is 14.6 Å². The standard InChI is InChI=1S/C12H20N4O/c1-2-5-13-10-3-4-12(6-10)7-16(8-12)11-15-14-9-17-11/h9-10,13H,2-8H2,1H3/t10-/m1/s1. The Labute approximate surface area is 102 Å². The van der Waals surface area contributed by atoms with Crippen LogP contribution in [0.2, 0.25) is 0 Å². The van der Waals surface area contributed by atoms with Gasteiger partial charge in [0.05, 0.1) is 0 Å². The average Bonchev–Trinajstić information content (AvgIpc) is 2.93. The van der Waals surface area contributed by atoms with Crippen LogP contribution >= 0.6 is 0 Å². The van der Waals surface area contributed by atoms with Crippen LogP contribution in [0.3, 0.4) is 0 Å². The fourth-order valence-electron chi connectivity index (χ4n) is 3.22. The van der Waals surface area contributed by atoms with Gasteiger partial charge in [0, 0.05) is 24.5 Å². The molecule has 1 aromatic rings. The summed E-state index contributed by atoms with van der Waals surface area (Å²) in [4.78, 5) is 2.19. The minimum absolute atomic E-state index is 0.514. The van der Waals surface area contributed by atoms with E-state index in [9.17, 15) is 0 Å². The molecule has 1 N–H and O–H groups in total. The topological polar surface area (TPSA) is 54.2 Å². The molecule has 1 saturated heterocycles. The molecule has 2 heterocycles. The summed E-state index contributed by atoms with van der Waals surface area (Å²) in [5.41, 5.74) is 0.514. The van der Waals surface area contributed by atoms with E-state index in [1.807, 2.05) is 0 Å². The van der Waals surface area contributed by atoms with E-state index in [1.54, 1.807) is 0 Å². The molecule has 0 amide bonds. The first-order valence-electron chi connectivity index (χ1n) is 6.56. The number of nitrogens with one attached hydrogen (secondary N) is 1. The lowest BCUT2D eigenvalue weighted by molar-refractivity contribution is 0.204. The molecule has 1 aliphatic carbocycles. The lowest BCUT2D eigenvalue weighted by atomic mass is 9.78. The number of hydrogen-bond donors (Lipinski definition) is 1. The van der Waals surface area contributed by atoms with E-state index in [4.69, 9.17) is 4.42 Å². The second-order valence-electron chi connectivity index (χ2n) is 5.47. The largest absolute Gasteiger partial charge is 0.411 e. The molecule has 0 unspecified atom stereocenters.